The molecule has 32 heavy (non-hydrogen) atoms. The summed E-state index contributed by atoms with van der Waals surface area (Å²) >= 11 is 0. The van der Waals surface area contributed by atoms with Gasteiger partial charge in [-0.3, -0.25) is 0 Å². The van der Waals surface area contributed by atoms with Crippen LogP contribution in [0.1, 0.15) is 24.4 Å². The molecule has 2 fully saturated rings. The average Bonchev–Trinajstić information content (AvgIpc) is 3.14. The zero-order valence-electron chi connectivity index (χ0n) is 19.0. The quantitative estimate of drug-likeness (QED) is 0.641. The second-order valence-electron chi connectivity index (χ2n) is 9.12. The van der Waals surface area contributed by atoms with Gasteiger partial charge in [-0.25, -0.2) is 13.4 Å². The van der Waals surface area contributed by atoms with E-state index in [-0.39, 0.29) is 0 Å². The van der Waals surface area contributed by atoms with Crippen LogP contribution in [0, 0.1) is 6.92 Å². The normalized spacial score (nSPS) is 21.7. The first-order valence-corrected chi connectivity index (χ1v) is 13.2. The van der Waals surface area contributed by atoms with Crippen LogP contribution in [0.2, 0.25) is 0 Å². The van der Waals surface area contributed by atoms with Gasteiger partial charge in [0, 0.05) is 61.8 Å². The first-order valence-electron chi connectivity index (χ1n) is 11.3. The largest absolute Gasteiger partial charge is 0.368 e. The Hall–Kier alpha value is -2.58. The predicted octanol–water partition coefficient (Wildman–Crippen LogP) is 3.00. The van der Waals surface area contributed by atoms with E-state index in [1.165, 1.54) is 17.2 Å². The van der Waals surface area contributed by atoms with E-state index < -0.39 is 9.84 Å². The van der Waals surface area contributed by atoms with Crippen LogP contribution in [0.4, 0.5) is 11.5 Å². The number of fused-ring (bicyclic) bond motifs is 1. The van der Waals surface area contributed by atoms with E-state index in [0.29, 0.717) is 17.0 Å². The second-order valence-corrected chi connectivity index (χ2v) is 11.1. The maximum Gasteiger partial charge on any atom is 0.175 e. The van der Waals surface area contributed by atoms with Crippen LogP contribution in [-0.4, -0.2) is 63.5 Å². The summed E-state index contributed by atoms with van der Waals surface area (Å²) < 4.78 is 25.8. The topological polar surface area (TPSA) is 70.5 Å². The van der Waals surface area contributed by atoms with Gasteiger partial charge in [0.2, 0.25) is 0 Å². The highest BCUT2D eigenvalue weighted by molar-refractivity contribution is 7.90. The number of anilines is 2. The Morgan fingerprint density at radius 2 is 1.66 bits per heavy atom. The standard InChI is InChI=1S/C24H31N5O2S/c1-17-14-18-8-9-29(21-15-19(16-21)25-2)24(18)26-23(17)28-12-10-27(11-13-28)20-4-6-22(7-5-20)32(3,30)31/h4-9,14,19,21,25H,10-13,15-16H2,1-3H3/t19-,21-. The van der Waals surface area contributed by atoms with E-state index in [1.54, 1.807) is 12.1 Å². The lowest BCUT2D eigenvalue weighted by Gasteiger charge is -2.38. The molecule has 3 aromatic rings. The molecule has 0 radical (unpaired) electrons. The van der Waals surface area contributed by atoms with Gasteiger partial charge in [-0.15, -0.1) is 0 Å². The summed E-state index contributed by atoms with van der Waals surface area (Å²) in [6, 6.07) is 12.8. The lowest BCUT2D eigenvalue weighted by Crippen LogP contribution is -2.47. The van der Waals surface area contributed by atoms with Gasteiger partial charge in [-0.2, -0.15) is 0 Å². The Balaban J connectivity index is 1.32. The molecule has 170 valence electrons. The number of sulfone groups is 1. The lowest BCUT2D eigenvalue weighted by molar-refractivity contribution is 0.240. The Labute approximate surface area is 190 Å². The molecule has 2 aliphatic rings. The number of nitrogens with one attached hydrogen (secondary N) is 1. The van der Waals surface area contributed by atoms with Gasteiger partial charge in [0.05, 0.1) is 4.90 Å². The van der Waals surface area contributed by atoms with Crippen molar-refractivity contribution in [2.45, 2.75) is 36.7 Å². The zero-order valence-corrected chi connectivity index (χ0v) is 19.8. The number of aryl methyl sites for hydroxylation is 1. The molecule has 3 heterocycles. The minimum atomic E-state index is -3.17. The Kier molecular flexibility index (Phi) is 5.37. The number of aromatic nitrogens is 2. The van der Waals surface area contributed by atoms with Crippen molar-refractivity contribution in [1.29, 1.82) is 0 Å². The molecule has 1 aliphatic heterocycles. The van der Waals surface area contributed by atoms with Crippen LogP contribution < -0.4 is 15.1 Å². The second kappa shape index (κ2) is 8.08. The van der Waals surface area contributed by atoms with Gasteiger partial charge in [-0.1, -0.05) is 0 Å². The molecule has 0 spiro atoms. The molecular weight excluding hydrogens is 422 g/mol. The van der Waals surface area contributed by atoms with Crippen LogP contribution in [0.15, 0.2) is 47.5 Å². The predicted molar refractivity (Wildman–Crippen MR) is 130 cm³/mol. The molecule has 7 nitrogen and oxygen atoms in total. The van der Waals surface area contributed by atoms with Crippen LogP contribution in [0.25, 0.3) is 11.0 Å². The molecule has 1 saturated carbocycles. The van der Waals surface area contributed by atoms with Crippen LogP contribution in [0.3, 0.4) is 0 Å². The minimum Gasteiger partial charge on any atom is -0.368 e. The van der Waals surface area contributed by atoms with Gasteiger partial charge < -0.3 is 19.7 Å². The summed E-state index contributed by atoms with van der Waals surface area (Å²) in [7, 11) is -1.13. The smallest absolute Gasteiger partial charge is 0.175 e. The summed E-state index contributed by atoms with van der Waals surface area (Å²) in [6.45, 7) is 5.68. The molecule has 2 aromatic heterocycles. The third-order valence-electron chi connectivity index (χ3n) is 6.98. The summed E-state index contributed by atoms with van der Waals surface area (Å²) in [4.78, 5) is 10.2. The summed E-state index contributed by atoms with van der Waals surface area (Å²) in [5.74, 6) is 1.08. The third-order valence-corrected chi connectivity index (χ3v) is 8.11. The molecule has 0 atom stereocenters. The highest BCUT2D eigenvalue weighted by Crippen LogP contribution is 2.36. The van der Waals surface area contributed by atoms with Gasteiger partial charge >= 0.3 is 0 Å². The fourth-order valence-electron chi connectivity index (χ4n) is 4.92. The number of hydrogen-bond acceptors (Lipinski definition) is 6. The highest BCUT2D eigenvalue weighted by Gasteiger charge is 2.30. The van der Waals surface area contributed by atoms with Crippen LogP contribution in [0.5, 0.6) is 0 Å². The zero-order chi connectivity index (χ0) is 22.5. The number of benzene rings is 1. The fourth-order valence-corrected chi connectivity index (χ4v) is 5.55. The van der Waals surface area contributed by atoms with Crippen LogP contribution in [-0.2, 0) is 9.84 Å². The number of pyridine rings is 1. The number of nitrogens with zero attached hydrogens (tertiary/aromatic N) is 4. The van der Waals surface area contributed by atoms with Gasteiger partial charge in [0.25, 0.3) is 0 Å². The van der Waals surface area contributed by atoms with Crippen molar-refractivity contribution in [2.75, 3.05) is 49.3 Å². The number of piperazine rings is 1. The fraction of sp³-hybridized carbons (Fsp3) is 0.458. The average molecular weight is 454 g/mol. The van der Waals surface area contributed by atoms with Crippen molar-refractivity contribution in [3.8, 4) is 0 Å². The van der Waals surface area contributed by atoms with E-state index in [2.05, 4.69) is 44.9 Å². The third kappa shape index (κ3) is 3.86. The number of rotatable bonds is 5. The van der Waals surface area contributed by atoms with E-state index in [1.807, 2.05) is 19.2 Å². The highest BCUT2D eigenvalue weighted by atomic mass is 32.2. The molecule has 1 aliphatic carbocycles. The first kappa shape index (κ1) is 21.3. The Morgan fingerprint density at radius 3 is 2.28 bits per heavy atom. The van der Waals surface area contributed by atoms with Crippen molar-refractivity contribution < 1.29 is 8.42 Å². The van der Waals surface area contributed by atoms with E-state index >= 15 is 0 Å². The monoisotopic (exact) mass is 453 g/mol. The SMILES string of the molecule is CN[C@H]1C[C@H](n2ccc3cc(C)c(N4CCN(c5ccc(S(C)(=O)=O)cc5)CC4)nc32)C1. The molecule has 0 bridgehead atoms. The van der Waals surface area contributed by atoms with Crippen molar-refractivity contribution >= 4 is 32.4 Å². The van der Waals surface area contributed by atoms with Gasteiger partial charge in [-0.05, 0) is 68.8 Å². The molecular formula is C24H31N5O2S. The first-order chi connectivity index (χ1) is 15.3. The molecule has 8 heteroatoms. The van der Waals surface area contributed by atoms with E-state index in [0.717, 1.165) is 56.2 Å². The van der Waals surface area contributed by atoms with Crippen LogP contribution >= 0.6 is 0 Å². The Bertz CT molecular complexity index is 1220. The van der Waals surface area contributed by atoms with E-state index in [4.69, 9.17) is 4.98 Å². The Morgan fingerprint density at radius 1 is 1.00 bits per heavy atom. The van der Waals surface area contributed by atoms with Crippen molar-refractivity contribution in [3.63, 3.8) is 0 Å². The molecule has 5 rings (SSSR count). The summed E-state index contributed by atoms with van der Waals surface area (Å²) in [5, 5.41) is 4.58. The number of hydrogen-bond donors (Lipinski definition) is 1. The maximum atomic E-state index is 11.7. The molecule has 1 aromatic carbocycles. The van der Waals surface area contributed by atoms with Crippen molar-refractivity contribution in [2.24, 2.45) is 0 Å². The van der Waals surface area contributed by atoms with E-state index in [9.17, 15) is 8.42 Å². The molecule has 0 amide bonds. The molecule has 0 unspecified atom stereocenters. The van der Waals surface area contributed by atoms with Crippen molar-refractivity contribution in [3.05, 3.63) is 48.2 Å². The molecule has 1 N–H and O–H groups in total. The maximum absolute atomic E-state index is 11.7. The summed E-state index contributed by atoms with van der Waals surface area (Å²) in [6.07, 6.45) is 5.74. The lowest BCUT2D eigenvalue weighted by atomic mass is 9.87. The van der Waals surface area contributed by atoms with Gasteiger partial charge in [0.1, 0.15) is 11.5 Å². The summed E-state index contributed by atoms with van der Waals surface area (Å²) in [5.41, 5.74) is 3.36. The molecule has 1 saturated heterocycles. The minimum absolute atomic E-state index is 0.364. The van der Waals surface area contributed by atoms with Crippen molar-refractivity contribution in [1.82, 2.24) is 14.9 Å². The van der Waals surface area contributed by atoms with Gasteiger partial charge in [0.15, 0.2) is 9.84 Å².